The minimum Gasteiger partial charge on any atom is -0.494 e. The molecule has 0 bridgehead atoms. The van der Waals surface area contributed by atoms with E-state index in [4.69, 9.17) is 4.74 Å². The molecule has 10 nitrogen and oxygen atoms in total. The number of nitrogens with zero attached hydrogens (tertiary/aromatic N) is 7. The number of aromatic nitrogens is 7. The maximum atomic E-state index is 14.5. The third-order valence-corrected chi connectivity index (χ3v) is 7.10. The Labute approximate surface area is 224 Å². The van der Waals surface area contributed by atoms with Gasteiger partial charge in [0.1, 0.15) is 11.5 Å². The SMILES string of the molecule is COc1ccc(CC2(C(=O)n3nncc3-c3ccnc(Nc4cc(C5CC5)nn4C)n3)C=CC=CC2)cc1F. The molecule has 3 aromatic heterocycles. The molecule has 2 aliphatic carbocycles. The van der Waals surface area contributed by atoms with Gasteiger partial charge in [-0.25, -0.2) is 14.4 Å². The topological polar surface area (TPSA) is 113 Å². The van der Waals surface area contributed by atoms with Crippen LogP contribution in [0.2, 0.25) is 0 Å². The van der Waals surface area contributed by atoms with Crippen molar-refractivity contribution in [2.75, 3.05) is 12.4 Å². The van der Waals surface area contributed by atoms with Crippen molar-refractivity contribution in [3.63, 3.8) is 0 Å². The van der Waals surface area contributed by atoms with Gasteiger partial charge in [0, 0.05) is 25.2 Å². The Morgan fingerprint density at radius 3 is 2.85 bits per heavy atom. The van der Waals surface area contributed by atoms with Crippen molar-refractivity contribution in [1.29, 1.82) is 0 Å². The van der Waals surface area contributed by atoms with Crippen molar-refractivity contribution in [3.8, 4) is 17.1 Å². The summed E-state index contributed by atoms with van der Waals surface area (Å²) in [5, 5.41) is 15.9. The Balaban J connectivity index is 1.29. The number of hydrogen-bond acceptors (Lipinski definition) is 8. The molecule has 0 saturated heterocycles. The van der Waals surface area contributed by atoms with Crippen LogP contribution in [0.3, 0.4) is 0 Å². The average molecular weight is 527 g/mol. The monoisotopic (exact) mass is 526 g/mol. The first kappa shape index (κ1) is 24.7. The summed E-state index contributed by atoms with van der Waals surface area (Å²) in [5.41, 5.74) is 1.65. The molecule has 0 aliphatic heterocycles. The lowest BCUT2D eigenvalue weighted by Gasteiger charge is -2.30. The van der Waals surface area contributed by atoms with E-state index in [0.717, 1.165) is 24.4 Å². The highest BCUT2D eigenvalue weighted by molar-refractivity contribution is 5.90. The van der Waals surface area contributed by atoms with Crippen LogP contribution in [0.25, 0.3) is 11.4 Å². The van der Waals surface area contributed by atoms with Crippen molar-refractivity contribution in [1.82, 2.24) is 34.7 Å². The van der Waals surface area contributed by atoms with E-state index in [2.05, 4.69) is 30.7 Å². The number of carbonyl (C=O) groups excluding carboxylic acids is 1. The highest BCUT2D eigenvalue weighted by Gasteiger charge is 2.39. The number of ether oxygens (including phenoxy) is 1. The van der Waals surface area contributed by atoms with Gasteiger partial charge in [0.2, 0.25) is 5.95 Å². The minimum absolute atomic E-state index is 0.153. The van der Waals surface area contributed by atoms with Gasteiger partial charge in [-0.15, -0.1) is 5.10 Å². The zero-order chi connectivity index (χ0) is 27.0. The molecule has 2 aliphatic rings. The van der Waals surface area contributed by atoms with E-state index in [1.54, 1.807) is 29.1 Å². The number of anilines is 2. The molecule has 6 rings (SSSR count). The Morgan fingerprint density at radius 2 is 2.10 bits per heavy atom. The molecule has 1 saturated carbocycles. The van der Waals surface area contributed by atoms with E-state index in [1.165, 1.54) is 24.1 Å². The lowest BCUT2D eigenvalue weighted by molar-refractivity contribution is 0.0741. The summed E-state index contributed by atoms with van der Waals surface area (Å²) in [6.45, 7) is 0. The van der Waals surface area contributed by atoms with Crippen LogP contribution in [-0.4, -0.2) is 47.8 Å². The number of hydrogen-bond donors (Lipinski definition) is 1. The fourth-order valence-corrected chi connectivity index (χ4v) is 4.85. The first-order valence-corrected chi connectivity index (χ1v) is 12.7. The van der Waals surface area contributed by atoms with Gasteiger partial charge in [-0.2, -0.15) is 9.78 Å². The fourth-order valence-electron chi connectivity index (χ4n) is 4.85. The van der Waals surface area contributed by atoms with Crippen LogP contribution in [0.4, 0.5) is 16.2 Å². The number of nitrogens with one attached hydrogen (secondary N) is 1. The van der Waals surface area contributed by atoms with Gasteiger partial charge in [0.25, 0.3) is 5.91 Å². The molecule has 0 spiro atoms. The number of allylic oxidation sites excluding steroid dienone is 4. The lowest BCUT2D eigenvalue weighted by Crippen LogP contribution is -2.37. The smallest absolute Gasteiger partial charge is 0.259 e. The largest absolute Gasteiger partial charge is 0.494 e. The van der Waals surface area contributed by atoms with Crippen molar-refractivity contribution < 1.29 is 13.9 Å². The molecule has 0 radical (unpaired) electrons. The summed E-state index contributed by atoms with van der Waals surface area (Å²) < 4.78 is 22.5. The Bertz CT molecular complexity index is 1600. The van der Waals surface area contributed by atoms with Crippen molar-refractivity contribution in [3.05, 3.63) is 84.1 Å². The Morgan fingerprint density at radius 1 is 1.23 bits per heavy atom. The van der Waals surface area contributed by atoms with Gasteiger partial charge in [-0.1, -0.05) is 35.6 Å². The second-order valence-corrected chi connectivity index (χ2v) is 9.87. The molecule has 0 amide bonds. The molecule has 1 atom stereocenters. The fraction of sp³-hybridized carbons (Fsp3) is 0.286. The van der Waals surface area contributed by atoms with E-state index in [-0.39, 0.29) is 18.1 Å². The summed E-state index contributed by atoms with van der Waals surface area (Å²) in [6, 6.07) is 8.45. The van der Waals surface area contributed by atoms with E-state index in [1.807, 2.05) is 37.4 Å². The van der Waals surface area contributed by atoms with Crippen molar-refractivity contribution in [2.24, 2.45) is 12.5 Å². The molecule has 4 aromatic rings. The molecule has 11 heteroatoms. The second kappa shape index (κ2) is 9.90. The molecule has 1 unspecified atom stereocenters. The zero-order valence-corrected chi connectivity index (χ0v) is 21.6. The zero-order valence-electron chi connectivity index (χ0n) is 21.6. The minimum atomic E-state index is -0.986. The molecule has 1 fully saturated rings. The molecule has 3 heterocycles. The summed E-state index contributed by atoms with van der Waals surface area (Å²) in [6.07, 6.45) is 13.6. The molecule has 1 aromatic carbocycles. The van der Waals surface area contributed by atoms with Gasteiger partial charge < -0.3 is 10.1 Å². The van der Waals surface area contributed by atoms with Crippen LogP contribution < -0.4 is 10.1 Å². The van der Waals surface area contributed by atoms with Crippen LogP contribution in [-0.2, 0) is 13.5 Å². The summed E-state index contributed by atoms with van der Waals surface area (Å²) in [5.74, 6) is 1.05. The number of aryl methyl sites for hydroxylation is 1. The number of methoxy groups -OCH3 is 1. The van der Waals surface area contributed by atoms with Crippen molar-refractivity contribution >= 4 is 17.7 Å². The average Bonchev–Trinajstić information content (AvgIpc) is 3.57. The van der Waals surface area contributed by atoms with E-state index >= 15 is 0 Å². The maximum absolute atomic E-state index is 14.5. The lowest BCUT2D eigenvalue weighted by atomic mass is 9.75. The molecule has 39 heavy (non-hydrogen) atoms. The predicted octanol–water partition coefficient (Wildman–Crippen LogP) is 4.62. The Kier molecular flexibility index (Phi) is 6.26. The Hall–Kier alpha value is -4.67. The third kappa shape index (κ3) is 4.83. The number of benzene rings is 1. The maximum Gasteiger partial charge on any atom is 0.259 e. The molecule has 198 valence electrons. The van der Waals surface area contributed by atoms with Crippen LogP contribution >= 0.6 is 0 Å². The van der Waals surface area contributed by atoms with Crippen LogP contribution in [0.1, 0.15) is 41.2 Å². The van der Waals surface area contributed by atoms with Gasteiger partial charge in [-0.3, -0.25) is 9.48 Å². The number of carbonyl (C=O) groups is 1. The molecular formula is C28H27FN8O2. The van der Waals surface area contributed by atoms with E-state index in [9.17, 15) is 9.18 Å². The number of rotatable bonds is 8. The van der Waals surface area contributed by atoms with Gasteiger partial charge >= 0.3 is 0 Å². The molecular weight excluding hydrogens is 499 g/mol. The second-order valence-electron chi connectivity index (χ2n) is 9.87. The predicted molar refractivity (Wildman–Crippen MR) is 142 cm³/mol. The normalized spacial score (nSPS) is 18.3. The van der Waals surface area contributed by atoms with Gasteiger partial charge in [-0.05, 0) is 49.4 Å². The standard InChI is InChI=1S/C28H27FN8O2/c1-36-25(15-22(34-36)19-7-8-19)33-27-30-13-10-21(32-27)23-17-31-35-37(23)26(38)28(11-4-3-5-12-28)16-18-6-9-24(39-2)20(29)14-18/h3-6,9-11,13-15,17,19H,7-8,12,16H2,1-2H3,(H,30,32,33). The van der Waals surface area contributed by atoms with Crippen LogP contribution in [0.15, 0.2) is 67.0 Å². The quantitative estimate of drug-likeness (QED) is 0.354. The highest BCUT2D eigenvalue weighted by Crippen LogP contribution is 2.40. The van der Waals surface area contributed by atoms with Crippen molar-refractivity contribution in [2.45, 2.75) is 31.6 Å². The van der Waals surface area contributed by atoms with Gasteiger partial charge in [0.15, 0.2) is 11.6 Å². The summed E-state index contributed by atoms with van der Waals surface area (Å²) in [4.78, 5) is 23.1. The first-order chi connectivity index (χ1) is 19.0. The summed E-state index contributed by atoms with van der Waals surface area (Å²) >= 11 is 0. The molecule has 1 N–H and O–H groups in total. The number of halogens is 1. The first-order valence-electron chi connectivity index (χ1n) is 12.7. The van der Waals surface area contributed by atoms with E-state index < -0.39 is 11.2 Å². The highest BCUT2D eigenvalue weighted by atomic mass is 19.1. The summed E-state index contributed by atoms with van der Waals surface area (Å²) in [7, 11) is 3.29. The van der Waals surface area contributed by atoms with E-state index in [0.29, 0.717) is 35.2 Å². The van der Waals surface area contributed by atoms with Crippen LogP contribution in [0, 0.1) is 11.2 Å². The van der Waals surface area contributed by atoms with Gasteiger partial charge in [0.05, 0.1) is 30.1 Å². The third-order valence-electron chi connectivity index (χ3n) is 7.10. The van der Waals surface area contributed by atoms with Crippen LogP contribution in [0.5, 0.6) is 5.75 Å².